The highest BCUT2D eigenvalue weighted by molar-refractivity contribution is 7.91. The molecule has 0 spiro atoms. The maximum Gasteiger partial charge on any atom is 0.152 e. The van der Waals surface area contributed by atoms with E-state index in [1.54, 1.807) is 0 Å². The third-order valence-corrected chi connectivity index (χ3v) is 6.30. The van der Waals surface area contributed by atoms with Crippen molar-refractivity contribution in [2.45, 2.75) is 56.1 Å². The maximum atomic E-state index is 12.1. The minimum Gasteiger partial charge on any atom is -0.373 e. The standard InChI is InChI=1S/C13H26N2O3S/c1-10-7-15(8-11(2)18-10)13(9-14)6-4-5-12(13)19(3,16)17/h10-12H,4-9,14H2,1-3H3. The van der Waals surface area contributed by atoms with Crippen LogP contribution in [0.5, 0.6) is 0 Å². The van der Waals surface area contributed by atoms with Gasteiger partial charge < -0.3 is 10.5 Å². The molecule has 1 heterocycles. The molecule has 2 rings (SSSR count). The molecule has 1 aliphatic carbocycles. The number of rotatable bonds is 3. The number of hydrogen-bond donors (Lipinski definition) is 1. The molecule has 2 N–H and O–H groups in total. The van der Waals surface area contributed by atoms with E-state index in [0.717, 1.165) is 32.4 Å². The summed E-state index contributed by atoms with van der Waals surface area (Å²) in [5.74, 6) is 0. The van der Waals surface area contributed by atoms with Crippen LogP contribution in [0.15, 0.2) is 0 Å². The van der Waals surface area contributed by atoms with Crippen molar-refractivity contribution in [1.29, 1.82) is 0 Å². The van der Waals surface area contributed by atoms with E-state index in [-0.39, 0.29) is 23.0 Å². The van der Waals surface area contributed by atoms with Crippen LogP contribution >= 0.6 is 0 Å². The van der Waals surface area contributed by atoms with Crippen molar-refractivity contribution in [3.63, 3.8) is 0 Å². The van der Waals surface area contributed by atoms with Crippen LogP contribution < -0.4 is 5.73 Å². The van der Waals surface area contributed by atoms with Crippen LogP contribution in [-0.2, 0) is 14.6 Å². The van der Waals surface area contributed by atoms with Gasteiger partial charge in [-0.1, -0.05) is 6.42 Å². The van der Waals surface area contributed by atoms with Gasteiger partial charge in [0.05, 0.1) is 23.0 Å². The van der Waals surface area contributed by atoms with E-state index in [1.165, 1.54) is 6.26 Å². The van der Waals surface area contributed by atoms with Gasteiger partial charge >= 0.3 is 0 Å². The van der Waals surface area contributed by atoms with Gasteiger partial charge in [0.1, 0.15) is 0 Å². The molecule has 4 atom stereocenters. The van der Waals surface area contributed by atoms with Gasteiger partial charge in [-0.15, -0.1) is 0 Å². The Morgan fingerprint density at radius 2 is 1.89 bits per heavy atom. The van der Waals surface area contributed by atoms with E-state index in [9.17, 15) is 8.42 Å². The molecule has 0 aromatic carbocycles. The number of hydrogen-bond acceptors (Lipinski definition) is 5. The van der Waals surface area contributed by atoms with Crippen LogP contribution in [0.3, 0.4) is 0 Å². The number of sulfone groups is 1. The van der Waals surface area contributed by atoms with Crippen LogP contribution in [0.1, 0.15) is 33.1 Å². The molecule has 1 saturated heterocycles. The third kappa shape index (κ3) is 2.82. The molecule has 0 radical (unpaired) electrons. The minimum atomic E-state index is -3.07. The van der Waals surface area contributed by atoms with Crippen molar-refractivity contribution in [2.75, 3.05) is 25.9 Å². The van der Waals surface area contributed by atoms with E-state index in [2.05, 4.69) is 4.90 Å². The van der Waals surface area contributed by atoms with Gasteiger partial charge in [0.2, 0.25) is 0 Å². The van der Waals surface area contributed by atoms with Gasteiger partial charge in [0.15, 0.2) is 9.84 Å². The predicted octanol–water partition coefficient (Wildman–Crippen LogP) is 0.390. The normalized spacial score (nSPS) is 41.6. The van der Waals surface area contributed by atoms with Crippen molar-refractivity contribution < 1.29 is 13.2 Å². The first-order valence-electron chi connectivity index (χ1n) is 7.09. The molecule has 1 aliphatic heterocycles. The summed E-state index contributed by atoms with van der Waals surface area (Å²) < 4.78 is 30.0. The largest absolute Gasteiger partial charge is 0.373 e. The number of nitrogens with two attached hydrogens (primary N) is 1. The van der Waals surface area contributed by atoms with Crippen molar-refractivity contribution >= 4 is 9.84 Å². The van der Waals surface area contributed by atoms with Crippen LogP contribution in [0, 0.1) is 0 Å². The molecule has 1 saturated carbocycles. The average molecular weight is 290 g/mol. The summed E-state index contributed by atoms with van der Waals surface area (Å²) in [4.78, 5) is 2.28. The second-order valence-electron chi connectivity index (χ2n) is 6.18. The predicted molar refractivity (Wildman–Crippen MR) is 75.9 cm³/mol. The first-order chi connectivity index (χ1) is 8.79. The van der Waals surface area contributed by atoms with Crippen molar-refractivity contribution in [2.24, 2.45) is 5.73 Å². The number of nitrogens with zero attached hydrogens (tertiary/aromatic N) is 1. The molecule has 5 nitrogen and oxygen atoms in total. The van der Waals surface area contributed by atoms with E-state index in [4.69, 9.17) is 10.5 Å². The summed E-state index contributed by atoms with van der Waals surface area (Å²) in [6, 6.07) is 0. The van der Waals surface area contributed by atoms with Crippen LogP contribution in [-0.4, -0.2) is 62.2 Å². The molecule has 112 valence electrons. The van der Waals surface area contributed by atoms with Gasteiger partial charge in [-0.25, -0.2) is 8.42 Å². The lowest BCUT2D eigenvalue weighted by molar-refractivity contribution is -0.0988. The SMILES string of the molecule is CC1CN(C2(CN)CCCC2S(C)(=O)=O)CC(C)O1. The zero-order valence-electron chi connectivity index (χ0n) is 12.1. The van der Waals surface area contributed by atoms with Gasteiger partial charge in [-0.05, 0) is 26.7 Å². The van der Waals surface area contributed by atoms with Gasteiger partial charge in [0.25, 0.3) is 0 Å². The van der Waals surface area contributed by atoms with Crippen LogP contribution in [0.2, 0.25) is 0 Å². The van der Waals surface area contributed by atoms with Gasteiger partial charge in [-0.2, -0.15) is 0 Å². The second-order valence-corrected chi connectivity index (χ2v) is 8.41. The topological polar surface area (TPSA) is 72.6 Å². The average Bonchev–Trinajstić information content (AvgIpc) is 2.72. The summed E-state index contributed by atoms with van der Waals surface area (Å²) in [5.41, 5.74) is 5.64. The summed E-state index contributed by atoms with van der Waals surface area (Å²) in [5, 5.41) is -0.331. The second kappa shape index (κ2) is 5.31. The number of morpholine rings is 1. The van der Waals surface area contributed by atoms with E-state index in [0.29, 0.717) is 6.54 Å². The fraction of sp³-hybridized carbons (Fsp3) is 1.00. The third-order valence-electron chi connectivity index (χ3n) is 4.60. The molecule has 19 heavy (non-hydrogen) atoms. The van der Waals surface area contributed by atoms with Crippen LogP contribution in [0.4, 0.5) is 0 Å². The van der Waals surface area contributed by atoms with E-state index >= 15 is 0 Å². The Labute approximate surface area is 116 Å². The van der Waals surface area contributed by atoms with Crippen molar-refractivity contribution in [3.05, 3.63) is 0 Å². The first kappa shape index (κ1) is 15.2. The molecule has 0 bridgehead atoms. The first-order valence-corrected chi connectivity index (χ1v) is 9.04. The summed E-state index contributed by atoms with van der Waals surface area (Å²) >= 11 is 0. The smallest absolute Gasteiger partial charge is 0.152 e. The molecule has 0 aromatic rings. The van der Waals surface area contributed by atoms with Crippen LogP contribution in [0.25, 0.3) is 0 Å². The Morgan fingerprint density at radius 1 is 1.32 bits per heavy atom. The summed E-state index contributed by atoms with van der Waals surface area (Å²) in [7, 11) is -3.07. The van der Waals surface area contributed by atoms with Crippen molar-refractivity contribution in [1.82, 2.24) is 4.90 Å². The maximum absolute atomic E-state index is 12.1. The zero-order valence-corrected chi connectivity index (χ0v) is 12.9. The Bertz CT molecular complexity index is 416. The van der Waals surface area contributed by atoms with Crippen molar-refractivity contribution in [3.8, 4) is 0 Å². The minimum absolute atomic E-state index is 0.132. The lowest BCUT2D eigenvalue weighted by atomic mass is 9.93. The number of ether oxygens (including phenoxy) is 1. The lowest BCUT2D eigenvalue weighted by Gasteiger charge is -2.48. The monoisotopic (exact) mass is 290 g/mol. The fourth-order valence-electron chi connectivity index (χ4n) is 3.90. The molecule has 0 aromatic heterocycles. The fourth-order valence-corrected chi connectivity index (χ4v) is 5.66. The summed E-state index contributed by atoms with van der Waals surface area (Å²) in [6.07, 6.45) is 4.16. The van der Waals surface area contributed by atoms with Gasteiger partial charge in [-0.3, -0.25) is 4.90 Å². The van der Waals surface area contributed by atoms with E-state index in [1.807, 2.05) is 13.8 Å². The molecule has 0 amide bonds. The molecule has 2 fully saturated rings. The molecule has 2 aliphatic rings. The molecular weight excluding hydrogens is 264 g/mol. The van der Waals surface area contributed by atoms with E-state index < -0.39 is 9.84 Å². The Morgan fingerprint density at radius 3 is 2.37 bits per heavy atom. The molecule has 6 heteroatoms. The summed E-state index contributed by atoms with van der Waals surface area (Å²) in [6.45, 7) is 6.03. The Hall–Kier alpha value is -0.170. The highest BCUT2D eigenvalue weighted by atomic mass is 32.2. The Kier molecular flexibility index (Phi) is 4.26. The quantitative estimate of drug-likeness (QED) is 0.814. The highest BCUT2D eigenvalue weighted by Crippen LogP contribution is 2.40. The molecule has 4 unspecified atom stereocenters. The Balaban J connectivity index is 2.31. The highest BCUT2D eigenvalue weighted by Gasteiger charge is 2.52. The lowest BCUT2D eigenvalue weighted by Crippen LogP contribution is -2.65. The molecular formula is C13H26N2O3S. The van der Waals surface area contributed by atoms with Gasteiger partial charge in [0, 0.05) is 25.9 Å². The zero-order chi connectivity index (χ0) is 14.3.